The van der Waals surface area contributed by atoms with Crippen molar-refractivity contribution in [2.24, 2.45) is 0 Å². The molecular formula is C25H20N2O7. The second-order valence-corrected chi connectivity index (χ2v) is 7.42. The van der Waals surface area contributed by atoms with E-state index < -0.39 is 23.8 Å². The summed E-state index contributed by atoms with van der Waals surface area (Å²) in [5.41, 5.74) is 1.25. The molecule has 1 aromatic heterocycles. The summed E-state index contributed by atoms with van der Waals surface area (Å²) in [6.07, 6.45) is 1.24. The monoisotopic (exact) mass is 460 g/mol. The van der Waals surface area contributed by atoms with Gasteiger partial charge in [-0.05, 0) is 68.0 Å². The minimum Gasteiger partial charge on any atom is -0.494 e. The van der Waals surface area contributed by atoms with E-state index in [1.165, 1.54) is 24.3 Å². The molecule has 0 aliphatic carbocycles. The molecule has 0 spiro atoms. The molecule has 3 aromatic rings. The van der Waals surface area contributed by atoms with E-state index >= 15 is 0 Å². The summed E-state index contributed by atoms with van der Waals surface area (Å²) in [4.78, 5) is 50.1. The number of imide groups is 2. The van der Waals surface area contributed by atoms with Crippen LogP contribution < -0.4 is 15.0 Å². The fourth-order valence-electron chi connectivity index (χ4n) is 3.48. The molecule has 2 aromatic carbocycles. The molecule has 1 fully saturated rings. The lowest BCUT2D eigenvalue weighted by Gasteiger charge is -2.26. The van der Waals surface area contributed by atoms with Crippen LogP contribution in [0.2, 0.25) is 0 Å². The Hall–Kier alpha value is -4.66. The number of benzene rings is 2. The van der Waals surface area contributed by atoms with Gasteiger partial charge in [-0.2, -0.15) is 0 Å². The number of barbiturate groups is 1. The maximum atomic E-state index is 13.0. The average molecular weight is 460 g/mol. The molecule has 0 saturated carbocycles. The molecule has 0 atom stereocenters. The van der Waals surface area contributed by atoms with E-state index in [9.17, 15) is 24.3 Å². The number of rotatable bonds is 6. The third-order valence-electron chi connectivity index (χ3n) is 5.17. The zero-order chi connectivity index (χ0) is 24.4. The molecule has 4 rings (SSSR count). The molecule has 0 bridgehead atoms. The number of nitrogens with one attached hydrogen (secondary N) is 1. The fourth-order valence-corrected chi connectivity index (χ4v) is 3.48. The van der Waals surface area contributed by atoms with Crippen LogP contribution in [0.3, 0.4) is 0 Å². The molecule has 34 heavy (non-hydrogen) atoms. The third kappa shape index (κ3) is 4.31. The predicted octanol–water partition coefficient (Wildman–Crippen LogP) is 4.02. The van der Waals surface area contributed by atoms with Crippen LogP contribution in [0.15, 0.2) is 64.6 Å². The van der Waals surface area contributed by atoms with Gasteiger partial charge in [0.1, 0.15) is 22.8 Å². The number of carbonyl (C=O) groups excluding carboxylic acids is 3. The summed E-state index contributed by atoms with van der Waals surface area (Å²) in [5.74, 6) is -1.59. The highest BCUT2D eigenvalue weighted by molar-refractivity contribution is 6.39. The van der Waals surface area contributed by atoms with Gasteiger partial charge in [0.25, 0.3) is 11.8 Å². The lowest BCUT2D eigenvalue weighted by atomic mass is 10.0. The maximum Gasteiger partial charge on any atom is 0.335 e. The van der Waals surface area contributed by atoms with Crippen LogP contribution in [-0.4, -0.2) is 35.5 Å². The first-order valence-electron chi connectivity index (χ1n) is 10.4. The van der Waals surface area contributed by atoms with Crippen molar-refractivity contribution < 1.29 is 33.4 Å². The summed E-state index contributed by atoms with van der Waals surface area (Å²) < 4.78 is 11.1. The Morgan fingerprint density at radius 3 is 2.50 bits per heavy atom. The largest absolute Gasteiger partial charge is 0.494 e. The first-order valence-corrected chi connectivity index (χ1v) is 10.4. The Labute approximate surface area is 194 Å². The molecule has 4 amide bonds. The van der Waals surface area contributed by atoms with E-state index in [-0.39, 0.29) is 22.6 Å². The van der Waals surface area contributed by atoms with E-state index in [1.807, 2.05) is 6.92 Å². The number of furan rings is 1. The second-order valence-electron chi connectivity index (χ2n) is 7.42. The highest BCUT2D eigenvalue weighted by Gasteiger charge is 2.37. The van der Waals surface area contributed by atoms with Gasteiger partial charge < -0.3 is 14.3 Å². The van der Waals surface area contributed by atoms with Gasteiger partial charge in [-0.1, -0.05) is 12.1 Å². The lowest BCUT2D eigenvalue weighted by molar-refractivity contribution is -0.122. The van der Waals surface area contributed by atoms with Gasteiger partial charge in [0, 0.05) is 5.56 Å². The van der Waals surface area contributed by atoms with Crippen molar-refractivity contribution in [1.29, 1.82) is 0 Å². The first kappa shape index (κ1) is 22.5. The highest BCUT2D eigenvalue weighted by atomic mass is 16.5. The molecule has 172 valence electrons. The maximum absolute atomic E-state index is 13.0. The Morgan fingerprint density at radius 1 is 1.09 bits per heavy atom. The number of ether oxygens (including phenoxy) is 1. The summed E-state index contributed by atoms with van der Waals surface area (Å²) in [5, 5.41) is 11.5. The number of anilines is 1. The summed E-state index contributed by atoms with van der Waals surface area (Å²) >= 11 is 0. The Bertz CT molecular complexity index is 1340. The highest BCUT2D eigenvalue weighted by Crippen LogP contribution is 2.28. The van der Waals surface area contributed by atoms with Crippen molar-refractivity contribution >= 4 is 35.6 Å². The summed E-state index contributed by atoms with van der Waals surface area (Å²) in [6, 6.07) is 13.5. The van der Waals surface area contributed by atoms with Crippen molar-refractivity contribution in [2.75, 3.05) is 11.5 Å². The van der Waals surface area contributed by atoms with Gasteiger partial charge in [0.15, 0.2) is 0 Å². The van der Waals surface area contributed by atoms with Gasteiger partial charge in [0.05, 0.1) is 17.9 Å². The van der Waals surface area contributed by atoms with Crippen LogP contribution in [0.1, 0.15) is 28.6 Å². The van der Waals surface area contributed by atoms with Gasteiger partial charge in [-0.15, -0.1) is 0 Å². The SMILES string of the molecule is CCOc1ccc(N2C(=O)NC(=O)/C(=C/c3ccc(-c4ccc(C)c(C(=O)O)c4)o3)C2=O)cc1. The minimum atomic E-state index is -1.06. The number of urea groups is 1. The molecule has 1 aliphatic rings. The zero-order valence-electron chi connectivity index (χ0n) is 18.3. The van der Waals surface area contributed by atoms with Crippen LogP contribution >= 0.6 is 0 Å². The number of aromatic carboxylic acids is 1. The van der Waals surface area contributed by atoms with E-state index in [4.69, 9.17) is 9.15 Å². The Kier molecular flexibility index (Phi) is 6.01. The van der Waals surface area contributed by atoms with E-state index in [0.29, 0.717) is 29.2 Å². The number of carboxylic acid groups (broad SMARTS) is 1. The fraction of sp³-hybridized carbons (Fsp3) is 0.120. The topological polar surface area (TPSA) is 126 Å². The molecule has 1 saturated heterocycles. The molecule has 1 aliphatic heterocycles. The molecule has 2 N–H and O–H groups in total. The summed E-state index contributed by atoms with van der Waals surface area (Å²) in [7, 11) is 0. The van der Waals surface area contributed by atoms with Gasteiger partial charge >= 0.3 is 12.0 Å². The number of carbonyl (C=O) groups is 4. The van der Waals surface area contributed by atoms with E-state index in [0.717, 1.165) is 4.90 Å². The normalized spacial score (nSPS) is 14.9. The quantitative estimate of drug-likeness (QED) is 0.420. The standard InChI is InChI=1S/C25H20N2O7/c1-3-33-17-8-6-16(7-9-17)27-23(29)20(22(28)26-25(27)32)13-18-10-11-21(34-18)15-5-4-14(2)19(12-15)24(30)31/h4-13H,3H2,1-2H3,(H,30,31)(H,26,28,32)/b20-13-. The van der Waals surface area contributed by atoms with Crippen LogP contribution in [0.4, 0.5) is 10.5 Å². The number of nitrogens with zero attached hydrogens (tertiary/aromatic N) is 1. The van der Waals surface area contributed by atoms with Crippen LogP contribution in [0, 0.1) is 6.92 Å². The number of aryl methyl sites for hydroxylation is 1. The minimum absolute atomic E-state index is 0.139. The Morgan fingerprint density at radius 2 is 1.82 bits per heavy atom. The van der Waals surface area contributed by atoms with E-state index in [2.05, 4.69) is 5.32 Å². The van der Waals surface area contributed by atoms with E-state index in [1.54, 1.807) is 43.3 Å². The molecule has 9 heteroatoms. The first-order chi connectivity index (χ1) is 16.3. The lowest BCUT2D eigenvalue weighted by Crippen LogP contribution is -2.54. The van der Waals surface area contributed by atoms with Crippen molar-refractivity contribution in [3.63, 3.8) is 0 Å². The van der Waals surface area contributed by atoms with Gasteiger partial charge in [-0.25, -0.2) is 14.5 Å². The Balaban J connectivity index is 1.64. The third-order valence-corrected chi connectivity index (χ3v) is 5.17. The van der Waals surface area contributed by atoms with Crippen molar-refractivity contribution in [2.45, 2.75) is 13.8 Å². The second kappa shape index (κ2) is 9.07. The molecule has 0 radical (unpaired) electrons. The smallest absolute Gasteiger partial charge is 0.335 e. The number of carboxylic acids is 1. The van der Waals surface area contributed by atoms with Crippen molar-refractivity contribution in [1.82, 2.24) is 5.32 Å². The van der Waals surface area contributed by atoms with Crippen LogP contribution in [-0.2, 0) is 9.59 Å². The number of hydrogen-bond donors (Lipinski definition) is 2. The number of hydrogen-bond acceptors (Lipinski definition) is 6. The summed E-state index contributed by atoms with van der Waals surface area (Å²) in [6.45, 7) is 3.99. The molecule has 9 nitrogen and oxygen atoms in total. The van der Waals surface area contributed by atoms with Crippen molar-refractivity contribution in [3.05, 3.63) is 77.1 Å². The zero-order valence-corrected chi connectivity index (χ0v) is 18.3. The molecule has 0 unspecified atom stereocenters. The van der Waals surface area contributed by atoms with Crippen LogP contribution in [0.25, 0.3) is 17.4 Å². The van der Waals surface area contributed by atoms with Crippen molar-refractivity contribution in [3.8, 4) is 17.1 Å². The molecule has 2 heterocycles. The van der Waals surface area contributed by atoms with Gasteiger partial charge in [0.2, 0.25) is 0 Å². The average Bonchev–Trinajstić information content (AvgIpc) is 3.27. The predicted molar refractivity (Wildman–Crippen MR) is 122 cm³/mol. The number of amides is 4. The van der Waals surface area contributed by atoms with Crippen LogP contribution in [0.5, 0.6) is 5.75 Å². The molecular weight excluding hydrogens is 440 g/mol. The van der Waals surface area contributed by atoms with Gasteiger partial charge in [-0.3, -0.25) is 14.9 Å².